The average Bonchev–Trinajstić information content (AvgIpc) is 2.87. The van der Waals surface area contributed by atoms with Crippen molar-refractivity contribution in [2.24, 2.45) is 5.10 Å². The van der Waals surface area contributed by atoms with Crippen LogP contribution in [0.3, 0.4) is 0 Å². The molecule has 23 heavy (non-hydrogen) atoms. The Morgan fingerprint density at radius 2 is 2.35 bits per heavy atom. The molecule has 0 saturated heterocycles. The normalized spacial score (nSPS) is 16.0. The second-order valence-corrected chi connectivity index (χ2v) is 5.59. The molecule has 1 aromatic carbocycles. The van der Waals surface area contributed by atoms with E-state index in [1.807, 2.05) is 19.1 Å². The summed E-state index contributed by atoms with van der Waals surface area (Å²) in [5, 5.41) is 7.58. The molecule has 126 valence electrons. The number of nitrogens with one attached hydrogen (secondary N) is 2. The van der Waals surface area contributed by atoms with Crippen LogP contribution < -0.4 is 20.2 Å². The zero-order chi connectivity index (χ0) is 16.7. The summed E-state index contributed by atoms with van der Waals surface area (Å²) >= 11 is 5.11. The van der Waals surface area contributed by atoms with Gasteiger partial charge in [0.25, 0.3) is 0 Å². The third kappa shape index (κ3) is 5.07. The van der Waals surface area contributed by atoms with E-state index in [2.05, 4.69) is 22.8 Å². The summed E-state index contributed by atoms with van der Waals surface area (Å²) in [6.45, 7) is 5.83. The van der Waals surface area contributed by atoms with Gasteiger partial charge in [-0.15, -0.1) is 0 Å². The Bertz CT molecular complexity index is 578. The molecule has 1 aliphatic rings. The van der Waals surface area contributed by atoms with Crippen LogP contribution in [0, 0.1) is 0 Å². The molecule has 1 aliphatic heterocycles. The van der Waals surface area contributed by atoms with Gasteiger partial charge in [-0.25, -0.2) is 0 Å². The van der Waals surface area contributed by atoms with Gasteiger partial charge in [-0.05, 0) is 38.2 Å². The molecule has 0 amide bonds. The van der Waals surface area contributed by atoms with E-state index in [1.165, 1.54) is 5.56 Å². The van der Waals surface area contributed by atoms with Crippen LogP contribution in [0.25, 0.3) is 0 Å². The Kier molecular flexibility index (Phi) is 6.61. The molecule has 7 heteroatoms. The summed E-state index contributed by atoms with van der Waals surface area (Å²) in [4.78, 5) is 0. The summed E-state index contributed by atoms with van der Waals surface area (Å²) in [5.41, 5.74) is 4.80. The maximum atomic E-state index is 5.78. The maximum Gasteiger partial charge on any atom is 0.187 e. The molecule has 1 aromatic rings. The molecule has 0 spiro atoms. The molecular formula is C16H23N3O3S. The van der Waals surface area contributed by atoms with Gasteiger partial charge >= 0.3 is 0 Å². The molecule has 0 radical (unpaired) electrons. The van der Waals surface area contributed by atoms with Crippen LogP contribution in [0.5, 0.6) is 11.5 Å². The molecule has 0 fully saturated rings. The molecule has 2 N–H and O–H groups in total. The van der Waals surface area contributed by atoms with Crippen molar-refractivity contribution in [2.45, 2.75) is 26.4 Å². The van der Waals surface area contributed by atoms with Crippen molar-refractivity contribution in [3.05, 3.63) is 23.3 Å². The summed E-state index contributed by atoms with van der Waals surface area (Å²) in [7, 11) is 1.64. The molecule has 0 aromatic heterocycles. The van der Waals surface area contributed by atoms with Crippen LogP contribution in [0.2, 0.25) is 0 Å². The van der Waals surface area contributed by atoms with E-state index in [9.17, 15) is 0 Å². The van der Waals surface area contributed by atoms with Crippen LogP contribution >= 0.6 is 12.2 Å². The Balaban J connectivity index is 2.02. The van der Waals surface area contributed by atoms with Gasteiger partial charge in [-0.1, -0.05) is 0 Å². The predicted octanol–water partition coefficient (Wildman–Crippen LogP) is 1.85. The fourth-order valence-electron chi connectivity index (χ4n) is 2.30. The quantitative estimate of drug-likeness (QED) is 0.343. The number of fused-ring (bicyclic) bond motifs is 1. The highest BCUT2D eigenvalue weighted by atomic mass is 32.1. The van der Waals surface area contributed by atoms with Crippen molar-refractivity contribution >= 4 is 23.5 Å². The highest BCUT2D eigenvalue weighted by Gasteiger charge is 2.21. The molecule has 6 nitrogen and oxygen atoms in total. The monoisotopic (exact) mass is 337 g/mol. The van der Waals surface area contributed by atoms with E-state index in [1.54, 1.807) is 13.3 Å². The van der Waals surface area contributed by atoms with Gasteiger partial charge in [-0.3, -0.25) is 5.43 Å². The van der Waals surface area contributed by atoms with E-state index in [-0.39, 0.29) is 6.10 Å². The Labute approximate surface area is 142 Å². The number of ether oxygens (including phenoxy) is 3. The third-order valence-corrected chi connectivity index (χ3v) is 3.53. The number of nitrogens with zero attached hydrogens (tertiary/aromatic N) is 1. The molecule has 0 aliphatic carbocycles. The van der Waals surface area contributed by atoms with Gasteiger partial charge < -0.3 is 19.5 Å². The minimum atomic E-state index is 0.197. The SMILES string of the molecule is CCOc1cc2c(cc1/C=N\NC(=S)NCCOC)O[C@@H](C)C2. The Morgan fingerprint density at radius 3 is 3.09 bits per heavy atom. The standard InChI is InChI=1S/C16H23N3O3S/c1-4-21-14-8-12-7-11(2)22-15(12)9-13(14)10-18-19-16(23)17-5-6-20-3/h8-11H,4-7H2,1-3H3,(H2,17,19,23)/b18-10-/t11-/m0/s1. The fraction of sp³-hybridized carbons (Fsp3) is 0.500. The maximum absolute atomic E-state index is 5.78. The Morgan fingerprint density at radius 1 is 1.52 bits per heavy atom. The number of rotatable bonds is 7. The highest BCUT2D eigenvalue weighted by Crippen LogP contribution is 2.34. The number of hydrogen-bond acceptors (Lipinski definition) is 5. The summed E-state index contributed by atoms with van der Waals surface area (Å²) in [5.74, 6) is 1.69. The van der Waals surface area contributed by atoms with Gasteiger partial charge in [0.05, 0.1) is 19.4 Å². The Hall–Kier alpha value is -1.86. The predicted molar refractivity (Wildman–Crippen MR) is 94.6 cm³/mol. The lowest BCUT2D eigenvalue weighted by molar-refractivity contribution is 0.204. The largest absolute Gasteiger partial charge is 0.493 e. The molecule has 0 unspecified atom stereocenters. The van der Waals surface area contributed by atoms with E-state index in [0.717, 1.165) is 23.5 Å². The van der Waals surface area contributed by atoms with Crippen molar-refractivity contribution in [3.8, 4) is 11.5 Å². The third-order valence-electron chi connectivity index (χ3n) is 3.29. The van der Waals surface area contributed by atoms with Crippen LogP contribution in [0.4, 0.5) is 0 Å². The fourth-order valence-corrected chi connectivity index (χ4v) is 2.46. The van der Waals surface area contributed by atoms with Gasteiger partial charge in [0.15, 0.2) is 5.11 Å². The second-order valence-electron chi connectivity index (χ2n) is 5.18. The van der Waals surface area contributed by atoms with E-state index >= 15 is 0 Å². The number of hydrazone groups is 1. The first-order valence-electron chi connectivity index (χ1n) is 7.66. The van der Waals surface area contributed by atoms with Crippen molar-refractivity contribution in [1.29, 1.82) is 0 Å². The lowest BCUT2D eigenvalue weighted by Crippen LogP contribution is -2.34. The van der Waals surface area contributed by atoms with E-state index < -0.39 is 0 Å². The highest BCUT2D eigenvalue weighted by molar-refractivity contribution is 7.80. The average molecular weight is 337 g/mol. The molecule has 1 heterocycles. The van der Waals surface area contributed by atoms with Gasteiger partial charge in [0.1, 0.15) is 17.6 Å². The van der Waals surface area contributed by atoms with Crippen LogP contribution in [-0.4, -0.2) is 44.3 Å². The molecule has 0 saturated carbocycles. The minimum Gasteiger partial charge on any atom is -0.493 e. The number of thiocarbonyl (C=S) groups is 1. The molecular weight excluding hydrogens is 314 g/mol. The number of hydrogen-bond donors (Lipinski definition) is 2. The zero-order valence-electron chi connectivity index (χ0n) is 13.7. The van der Waals surface area contributed by atoms with Crippen molar-refractivity contribution in [3.63, 3.8) is 0 Å². The van der Waals surface area contributed by atoms with Crippen molar-refractivity contribution < 1.29 is 14.2 Å². The van der Waals surface area contributed by atoms with Crippen LogP contribution in [-0.2, 0) is 11.2 Å². The molecule has 0 bridgehead atoms. The smallest absolute Gasteiger partial charge is 0.187 e. The lowest BCUT2D eigenvalue weighted by atomic mass is 10.1. The van der Waals surface area contributed by atoms with Crippen molar-refractivity contribution in [1.82, 2.24) is 10.7 Å². The van der Waals surface area contributed by atoms with Gasteiger partial charge in [-0.2, -0.15) is 5.10 Å². The lowest BCUT2D eigenvalue weighted by Gasteiger charge is -2.10. The van der Waals surface area contributed by atoms with Crippen LogP contribution in [0.1, 0.15) is 25.0 Å². The van der Waals surface area contributed by atoms with Gasteiger partial charge in [0, 0.05) is 31.2 Å². The topological polar surface area (TPSA) is 64.1 Å². The molecule has 2 rings (SSSR count). The minimum absolute atomic E-state index is 0.197. The molecule has 1 atom stereocenters. The summed E-state index contributed by atoms with van der Waals surface area (Å²) < 4.78 is 16.4. The van der Waals surface area contributed by atoms with E-state index in [0.29, 0.717) is 24.9 Å². The first-order chi connectivity index (χ1) is 11.1. The number of methoxy groups -OCH3 is 1. The first kappa shape index (κ1) is 17.5. The van der Waals surface area contributed by atoms with Gasteiger partial charge in [0.2, 0.25) is 0 Å². The van der Waals surface area contributed by atoms with Crippen LogP contribution in [0.15, 0.2) is 17.2 Å². The first-order valence-corrected chi connectivity index (χ1v) is 8.07. The summed E-state index contributed by atoms with van der Waals surface area (Å²) in [6.07, 6.45) is 2.78. The second kappa shape index (κ2) is 8.69. The zero-order valence-corrected chi connectivity index (χ0v) is 14.5. The van der Waals surface area contributed by atoms with E-state index in [4.69, 9.17) is 26.4 Å². The number of benzene rings is 1. The van der Waals surface area contributed by atoms with Crippen molar-refractivity contribution in [2.75, 3.05) is 26.9 Å². The summed E-state index contributed by atoms with van der Waals surface area (Å²) in [6, 6.07) is 3.98.